The van der Waals surface area contributed by atoms with Crippen LogP contribution in [0, 0.1) is 0 Å². The van der Waals surface area contributed by atoms with Crippen LogP contribution in [0.5, 0.6) is 0 Å². The molecule has 0 heterocycles. The van der Waals surface area contributed by atoms with Crippen molar-refractivity contribution in [1.82, 2.24) is 0 Å². The van der Waals surface area contributed by atoms with Gasteiger partial charge in [0.15, 0.2) is 0 Å². The summed E-state index contributed by atoms with van der Waals surface area (Å²) in [6.45, 7) is 0. The highest BCUT2D eigenvalue weighted by Crippen LogP contribution is 2.21. The van der Waals surface area contributed by atoms with Gasteiger partial charge in [0.25, 0.3) is 0 Å². The third kappa shape index (κ3) is 3.20. The van der Waals surface area contributed by atoms with Crippen molar-refractivity contribution in [1.29, 1.82) is 0 Å². The molecule has 1 heteroatoms. The van der Waals surface area contributed by atoms with E-state index in [-0.39, 0.29) is 0 Å². The van der Waals surface area contributed by atoms with Gasteiger partial charge in [-0.05, 0) is 18.5 Å². The van der Waals surface area contributed by atoms with Crippen LogP contribution in [0.1, 0.15) is 44.9 Å². The molecule has 0 aliphatic heterocycles. The minimum atomic E-state index is 0.935. The number of rotatable bonds is 0. The topological polar surface area (TPSA) is 0 Å². The molecule has 1 unspecified atom stereocenters. The van der Waals surface area contributed by atoms with Crippen LogP contribution in [-0.4, -0.2) is 5.66 Å². The van der Waals surface area contributed by atoms with E-state index in [1.54, 1.807) is 0 Å². The van der Waals surface area contributed by atoms with Gasteiger partial charge in [-0.1, -0.05) is 32.1 Å². The summed E-state index contributed by atoms with van der Waals surface area (Å²) in [6.07, 6.45) is 10.3. The molecule has 1 rings (SSSR count). The Labute approximate surface area is 60.6 Å². The van der Waals surface area contributed by atoms with Gasteiger partial charge in [-0.25, -0.2) is 0 Å². The molecular formula is C8H17P. The highest BCUT2D eigenvalue weighted by atomic mass is 31.0. The van der Waals surface area contributed by atoms with Crippen LogP contribution in [0.4, 0.5) is 0 Å². The SMILES string of the molecule is PC1CCCCCCC1. The Morgan fingerprint density at radius 2 is 1.22 bits per heavy atom. The lowest BCUT2D eigenvalue weighted by Crippen LogP contribution is -2.00. The number of hydrogen-bond donors (Lipinski definition) is 0. The molecule has 0 aromatic heterocycles. The summed E-state index contributed by atoms with van der Waals surface area (Å²) < 4.78 is 0. The van der Waals surface area contributed by atoms with Crippen molar-refractivity contribution in [3.63, 3.8) is 0 Å². The molecule has 0 N–H and O–H groups in total. The molecule has 0 bridgehead atoms. The zero-order chi connectivity index (χ0) is 6.53. The number of hydrogen-bond acceptors (Lipinski definition) is 0. The van der Waals surface area contributed by atoms with Crippen LogP contribution < -0.4 is 0 Å². The van der Waals surface area contributed by atoms with E-state index in [2.05, 4.69) is 9.24 Å². The van der Waals surface area contributed by atoms with Crippen LogP contribution >= 0.6 is 9.24 Å². The minimum Gasteiger partial charge on any atom is -0.134 e. The van der Waals surface area contributed by atoms with Gasteiger partial charge in [0, 0.05) is 0 Å². The van der Waals surface area contributed by atoms with Gasteiger partial charge in [0.2, 0.25) is 0 Å². The largest absolute Gasteiger partial charge is 0.134 e. The summed E-state index contributed by atoms with van der Waals surface area (Å²) in [5.74, 6) is 0. The van der Waals surface area contributed by atoms with Gasteiger partial charge < -0.3 is 0 Å². The van der Waals surface area contributed by atoms with Gasteiger partial charge >= 0.3 is 0 Å². The first-order chi connectivity index (χ1) is 4.39. The predicted molar refractivity (Wildman–Crippen MR) is 45.8 cm³/mol. The second-order valence-corrected chi connectivity index (χ2v) is 4.05. The third-order valence-electron chi connectivity index (χ3n) is 2.15. The fraction of sp³-hybridized carbons (Fsp3) is 1.00. The Balaban J connectivity index is 2.12. The van der Waals surface area contributed by atoms with Crippen molar-refractivity contribution >= 4 is 9.24 Å². The lowest BCUT2D eigenvalue weighted by Gasteiger charge is -2.13. The summed E-state index contributed by atoms with van der Waals surface area (Å²) in [5.41, 5.74) is 0.935. The van der Waals surface area contributed by atoms with Crippen LogP contribution in [0.3, 0.4) is 0 Å². The first kappa shape index (κ1) is 7.54. The molecule has 0 radical (unpaired) electrons. The van der Waals surface area contributed by atoms with Crippen molar-refractivity contribution < 1.29 is 0 Å². The molecule has 9 heavy (non-hydrogen) atoms. The summed E-state index contributed by atoms with van der Waals surface area (Å²) in [6, 6.07) is 0. The second-order valence-electron chi connectivity index (χ2n) is 3.11. The molecular weight excluding hydrogens is 127 g/mol. The van der Waals surface area contributed by atoms with Gasteiger partial charge in [-0.2, -0.15) is 0 Å². The zero-order valence-corrected chi connectivity index (χ0v) is 7.26. The third-order valence-corrected chi connectivity index (χ3v) is 2.82. The first-order valence-electron chi connectivity index (χ1n) is 4.15. The summed E-state index contributed by atoms with van der Waals surface area (Å²) in [7, 11) is 2.96. The molecule has 54 valence electrons. The van der Waals surface area contributed by atoms with Crippen molar-refractivity contribution in [3.8, 4) is 0 Å². The molecule has 0 amide bonds. The maximum Gasteiger partial charge on any atom is -0.0264 e. The zero-order valence-electron chi connectivity index (χ0n) is 6.10. The normalized spacial score (nSPS) is 25.0. The maximum atomic E-state index is 2.96. The van der Waals surface area contributed by atoms with Crippen LogP contribution in [0.15, 0.2) is 0 Å². The van der Waals surface area contributed by atoms with E-state index in [0.29, 0.717) is 0 Å². The molecule has 1 saturated carbocycles. The monoisotopic (exact) mass is 144 g/mol. The van der Waals surface area contributed by atoms with Crippen molar-refractivity contribution in [2.24, 2.45) is 0 Å². The van der Waals surface area contributed by atoms with E-state index in [9.17, 15) is 0 Å². The van der Waals surface area contributed by atoms with Gasteiger partial charge in [0.1, 0.15) is 0 Å². The molecule has 1 fully saturated rings. The standard InChI is InChI=1S/C8H17P/c9-8-6-4-2-1-3-5-7-8/h8H,1-7,9H2. The maximum absolute atomic E-state index is 2.96. The predicted octanol–water partition coefficient (Wildman–Crippen LogP) is 2.97. The molecule has 0 aromatic carbocycles. The Kier molecular flexibility index (Phi) is 3.58. The highest BCUT2D eigenvalue weighted by Gasteiger charge is 2.04. The second kappa shape index (κ2) is 4.28. The molecule has 1 atom stereocenters. The molecule has 0 nitrogen and oxygen atoms in total. The van der Waals surface area contributed by atoms with Crippen LogP contribution in [0.25, 0.3) is 0 Å². The highest BCUT2D eigenvalue weighted by molar-refractivity contribution is 7.17. The van der Waals surface area contributed by atoms with E-state index in [1.807, 2.05) is 0 Å². The van der Waals surface area contributed by atoms with E-state index in [4.69, 9.17) is 0 Å². The Morgan fingerprint density at radius 1 is 0.778 bits per heavy atom. The quantitative estimate of drug-likeness (QED) is 0.458. The summed E-state index contributed by atoms with van der Waals surface area (Å²) in [5, 5.41) is 0. The Hall–Kier alpha value is 0.430. The van der Waals surface area contributed by atoms with Crippen molar-refractivity contribution in [3.05, 3.63) is 0 Å². The fourth-order valence-corrected chi connectivity index (χ4v) is 1.96. The van der Waals surface area contributed by atoms with E-state index < -0.39 is 0 Å². The molecule has 0 saturated heterocycles. The smallest absolute Gasteiger partial charge is 0.0264 e. The molecule has 0 spiro atoms. The first-order valence-corrected chi connectivity index (χ1v) is 4.82. The Morgan fingerprint density at radius 3 is 1.78 bits per heavy atom. The fourth-order valence-electron chi connectivity index (χ4n) is 1.49. The summed E-state index contributed by atoms with van der Waals surface area (Å²) in [4.78, 5) is 0. The average Bonchev–Trinajstić information content (AvgIpc) is 1.79. The molecule has 1 aliphatic carbocycles. The summed E-state index contributed by atoms with van der Waals surface area (Å²) >= 11 is 0. The molecule has 0 aromatic rings. The Bertz CT molecular complexity index is 63.0. The average molecular weight is 144 g/mol. The van der Waals surface area contributed by atoms with Gasteiger partial charge in [-0.3, -0.25) is 0 Å². The van der Waals surface area contributed by atoms with E-state index in [0.717, 1.165) is 5.66 Å². The van der Waals surface area contributed by atoms with Crippen molar-refractivity contribution in [2.75, 3.05) is 0 Å². The van der Waals surface area contributed by atoms with Gasteiger partial charge in [-0.15, -0.1) is 9.24 Å². The van der Waals surface area contributed by atoms with Crippen LogP contribution in [0.2, 0.25) is 0 Å². The minimum absolute atomic E-state index is 0.935. The lowest BCUT2D eigenvalue weighted by molar-refractivity contribution is 0.513. The van der Waals surface area contributed by atoms with Gasteiger partial charge in [0.05, 0.1) is 0 Å². The van der Waals surface area contributed by atoms with Crippen molar-refractivity contribution in [2.45, 2.75) is 50.6 Å². The van der Waals surface area contributed by atoms with Crippen LogP contribution in [-0.2, 0) is 0 Å². The van der Waals surface area contributed by atoms with E-state index in [1.165, 1.54) is 44.9 Å². The van der Waals surface area contributed by atoms with E-state index >= 15 is 0 Å². The molecule has 1 aliphatic rings. The lowest BCUT2D eigenvalue weighted by atomic mass is 10.0.